The van der Waals surface area contributed by atoms with Gasteiger partial charge in [0, 0.05) is 16.8 Å². The van der Waals surface area contributed by atoms with E-state index in [1.54, 1.807) is 36.4 Å². The lowest BCUT2D eigenvalue weighted by atomic mass is 10.1. The number of hydrogen-bond acceptors (Lipinski definition) is 3. The Morgan fingerprint density at radius 2 is 1.79 bits per heavy atom. The molecule has 0 radical (unpaired) electrons. The molecule has 24 heavy (non-hydrogen) atoms. The Kier molecular flexibility index (Phi) is 4.20. The van der Waals surface area contributed by atoms with E-state index >= 15 is 0 Å². The fourth-order valence-corrected chi connectivity index (χ4v) is 2.13. The van der Waals surface area contributed by atoms with Crippen LogP contribution >= 0.6 is 0 Å². The Morgan fingerprint density at radius 1 is 1.04 bits per heavy atom. The average Bonchev–Trinajstić information content (AvgIpc) is 3.05. The molecule has 6 heteroatoms. The highest BCUT2D eigenvalue weighted by Gasteiger charge is 2.07. The van der Waals surface area contributed by atoms with Crippen molar-refractivity contribution in [1.29, 1.82) is 0 Å². The number of carbonyl (C=O) groups is 1. The minimum absolute atomic E-state index is 0.182. The molecule has 0 fully saturated rings. The van der Waals surface area contributed by atoms with E-state index in [2.05, 4.69) is 10.2 Å². The molecule has 3 rings (SSSR count). The molecule has 3 aromatic rings. The lowest BCUT2D eigenvalue weighted by Gasteiger charge is -1.97. The molecule has 3 N–H and O–H groups in total. The first-order chi connectivity index (χ1) is 11.5. The Balaban J connectivity index is 1.77. The van der Waals surface area contributed by atoms with Crippen LogP contribution in [0.15, 0.2) is 54.6 Å². The summed E-state index contributed by atoms with van der Waals surface area (Å²) in [6.45, 7) is 0. The van der Waals surface area contributed by atoms with Crippen LogP contribution in [0.1, 0.15) is 16.1 Å². The second kappa shape index (κ2) is 6.45. The number of halogens is 2. The minimum Gasteiger partial charge on any atom is -0.399 e. The highest BCUT2D eigenvalue weighted by Crippen LogP contribution is 2.20. The molecule has 1 heterocycles. The van der Waals surface area contributed by atoms with Crippen molar-refractivity contribution >= 4 is 17.5 Å². The zero-order valence-electron chi connectivity index (χ0n) is 12.5. The Morgan fingerprint density at radius 3 is 2.50 bits per heavy atom. The average molecular weight is 325 g/mol. The van der Waals surface area contributed by atoms with Crippen LogP contribution in [0.2, 0.25) is 0 Å². The number of nitrogen functional groups attached to an aromatic ring is 1. The topological polar surface area (TPSA) is 71.8 Å². The number of anilines is 1. The van der Waals surface area contributed by atoms with E-state index < -0.39 is 11.6 Å². The van der Waals surface area contributed by atoms with Crippen molar-refractivity contribution in [2.24, 2.45) is 0 Å². The number of hydrogen-bond donors (Lipinski definition) is 2. The van der Waals surface area contributed by atoms with Gasteiger partial charge < -0.3 is 5.73 Å². The van der Waals surface area contributed by atoms with Gasteiger partial charge in [-0.05, 0) is 60.7 Å². The third-order valence-corrected chi connectivity index (χ3v) is 3.42. The Bertz CT molecular complexity index is 914. The van der Waals surface area contributed by atoms with Gasteiger partial charge in [0.2, 0.25) is 0 Å². The van der Waals surface area contributed by atoms with Crippen LogP contribution in [-0.2, 0) is 0 Å². The van der Waals surface area contributed by atoms with Gasteiger partial charge in [0.1, 0.15) is 0 Å². The first kappa shape index (κ1) is 15.6. The van der Waals surface area contributed by atoms with Crippen LogP contribution in [0.5, 0.6) is 0 Å². The van der Waals surface area contributed by atoms with Crippen molar-refractivity contribution in [2.75, 3.05) is 5.73 Å². The van der Waals surface area contributed by atoms with Crippen LogP contribution in [0.4, 0.5) is 14.5 Å². The summed E-state index contributed by atoms with van der Waals surface area (Å²) < 4.78 is 26.2. The largest absolute Gasteiger partial charge is 0.399 e. The molecule has 2 aromatic carbocycles. The molecule has 0 aliphatic rings. The van der Waals surface area contributed by atoms with Crippen molar-refractivity contribution in [3.8, 4) is 11.3 Å². The number of nitrogens with one attached hydrogen (secondary N) is 1. The van der Waals surface area contributed by atoms with E-state index in [0.29, 0.717) is 28.2 Å². The first-order valence-corrected chi connectivity index (χ1v) is 7.12. The number of aromatic amines is 1. The predicted octanol–water partition coefficient (Wildman–Crippen LogP) is 3.83. The van der Waals surface area contributed by atoms with Crippen LogP contribution in [0, 0.1) is 11.6 Å². The highest BCUT2D eigenvalue weighted by atomic mass is 19.2. The second-order valence-electron chi connectivity index (χ2n) is 5.16. The summed E-state index contributed by atoms with van der Waals surface area (Å²) >= 11 is 0. The molecule has 0 bridgehead atoms. The molecule has 0 saturated heterocycles. The van der Waals surface area contributed by atoms with E-state index in [0.717, 1.165) is 12.1 Å². The fourth-order valence-electron chi connectivity index (χ4n) is 2.13. The van der Waals surface area contributed by atoms with Crippen LogP contribution in [0.25, 0.3) is 17.3 Å². The maximum absolute atomic E-state index is 13.3. The summed E-state index contributed by atoms with van der Waals surface area (Å²) in [6.07, 6.45) is 2.96. The van der Waals surface area contributed by atoms with Gasteiger partial charge in [-0.3, -0.25) is 9.89 Å². The van der Waals surface area contributed by atoms with Crippen molar-refractivity contribution < 1.29 is 13.6 Å². The van der Waals surface area contributed by atoms with Gasteiger partial charge in [0.25, 0.3) is 0 Å². The van der Waals surface area contributed by atoms with Gasteiger partial charge in [-0.1, -0.05) is 0 Å². The molecule has 4 nitrogen and oxygen atoms in total. The zero-order chi connectivity index (χ0) is 17.1. The van der Waals surface area contributed by atoms with Crippen molar-refractivity contribution in [1.82, 2.24) is 10.2 Å². The molecule has 0 aliphatic heterocycles. The summed E-state index contributed by atoms with van der Waals surface area (Å²) in [6, 6.07) is 11.8. The maximum Gasteiger partial charge on any atom is 0.185 e. The van der Waals surface area contributed by atoms with Crippen molar-refractivity contribution in [3.05, 3.63) is 77.5 Å². The number of rotatable bonds is 4. The van der Waals surface area contributed by atoms with Gasteiger partial charge in [-0.15, -0.1) is 0 Å². The molecular weight excluding hydrogens is 312 g/mol. The lowest BCUT2D eigenvalue weighted by Crippen LogP contribution is -1.94. The number of nitrogens with zero attached hydrogens (tertiary/aromatic N) is 1. The summed E-state index contributed by atoms with van der Waals surface area (Å²) in [7, 11) is 0. The third-order valence-electron chi connectivity index (χ3n) is 3.42. The predicted molar refractivity (Wildman–Crippen MR) is 88.2 cm³/mol. The molecule has 0 spiro atoms. The molecule has 0 unspecified atom stereocenters. The SMILES string of the molecule is Nc1ccc(C(=O)/C=C/c2cc(-c3ccc(F)c(F)c3)n[nH]2)cc1. The van der Waals surface area contributed by atoms with Crippen molar-refractivity contribution in [3.63, 3.8) is 0 Å². The summed E-state index contributed by atoms with van der Waals surface area (Å²) in [4.78, 5) is 12.0. The van der Waals surface area contributed by atoms with E-state index in [1.165, 1.54) is 12.1 Å². The summed E-state index contributed by atoms with van der Waals surface area (Å²) in [5.41, 5.74) is 8.14. The van der Waals surface area contributed by atoms with Crippen molar-refractivity contribution in [2.45, 2.75) is 0 Å². The number of carbonyl (C=O) groups excluding carboxylic acids is 1. The number of ketones is 1. The smallest absolute Gasteiger partial charge is 0.185 e. The number of benzene rings is 2. The Labute approximate surface area is 136 Å². The van der Waals surface area contributed by atoms with Crippen LogP contribution < -0.4 is 5.73 Å². The number of allylic oxidation sites excluding steroid dienone is 1. The monoisotopic (exact) mass is 325 g/mol. The van der Waals surface area contributed by atoms with E-state index in [1.807, 2.05) is 0 Å². The van der Waals surface area contributed by atoms with Gasteiger partial charge >= 0.3 is 0 Å². The fraction of sp³-hybridized carbons (Fsp3) is 0. The normalized spacial score (nSPS) is 11.1. The van der Waals surface area contributed by atoms with E-state index in [9.17, 15) is 13.6 Å². The van der Waals surface area contributed by atoms with Gasteiger partial charge in [-0.2, -0.15) is 5.10 Å². The molecule has 1 aromatic heterocycles. The molecule has 0 aliphatic carbocycles. The number of aromatic nitrogens is 2. The molecule has 0 saturated carbocycles. The standard InChI is InChI=1S/C18H13F2N3O/c19-15-7-3-12(9-16(15)20)17-10-14(22-23-17)6-8-18(24)11-1-4-13(21)5-2-11/h1-10H,21H2,(H,22,23)/b8-6+. The van der Waals surface area contributed by atoms with Gasteiger partial charge in [0.05, 0.1) is 11.4 Å². The van der Waals surface area contributed by atoms with E-state index in [-0.39, 0.29) is 5.78 Å². The number of nitrogens with two attached hydrogens (primary N) is 1. The zero-order valence-corrected chi connectivity index (χ0v) is 12.5. The third kappa shape index (κ3) is 3.38. The summed E-state index contributed by atoms with van der Waals surface area (Å²) in [5.74, 6) is -2.03. The quantitative estimate of drug-likeness (QED) is 0.435. The lowest BCUT2D eigenvalue weighted by molar-refractivity contribution is 0.104. The van der Waals surface area contributed by atoms with Crippen LogP contribution in [0.3, 0.4) is 0 Å². The first-order valence-electron chi connectivity index (χ1n) is 7.12. The summed E-state index contributed by atoms with van der Waals surface area (Å²) in [5, 5.41) is 6.76. The Hall–Kier alpha value is -3.28. The van der Waals surface area contributed by atoms with Gasteiger partial charge in [0.15, 0.2) is 17.4 Å². The molecule has 0 amide bonds. The van der Waals surface area contributed by atoms with Gasteiger partial charge in [-0.25, -0.2) is 8.78 Å². The molecule has 0 atom stereocenters. The van der Waals surface area contributed by atoms with Crippen LogP contribution in [-0.4, -0.2) is 16.0 Å². The van der Waals surface area contributed by atoms with E-state index in [4.69, 9.17) is 5.73 Å². The highest BCUT2D eigenvalue weighted by molar-refractivity contribution is 6.06. The maximum atomic E-state index is 13.3. The number of H-pyrrole nitrogens is 1. The minimum atomic E-state index is -0.939. The molecular formula is C18H13F2N3O. The second-order valence-corrected chi connectivity index (χ2v) is 5.16. The molecule has 120 valence electrons.